The molecular weight excluding hydrogens is 328 g/mol. The molecule has 134 valence electrons. The average molecular weight is 350 g/mol. The topological polar surface area (TPSA) is 52.5 Å². The molecule has 1 aromatic heterocycles. The van der Waals surface area contributed by atoms with Gasteiger partial charge in [-0.25, -0.2) is 0 Å². The Morgan fingerprint density at radius 3 is 2.50 bits per heavy atom. The zero-order chi connectivity index (χ0) is 18.4. The van der Waals surface area contributed by atoms with Crippen LogP contribution in [0.25, 0.3) is 0 Å². The van der Waals surface area contributed by atoms with Gasteiger partial charge in [0.25, 0.3) is 0 Å². The lowest BCUT2D eigenvalue weighted by molar-refractivity contribution is -0.116. The monoisotopic (exact) mass is 350 g/mol. The number of aromatic nitrogens is 1. The summed E-state index contributed by atoms with van der Waals surface area (Å²) in [5, 5.41) is 2.94. The number of carbonyl (C=O) groups excluding carboxylic acids is 1. The lowest BCUT2D eigenvalue weighted by Crippen LogP contribution is -2.20. The molecule has 1 atom stereocenters. The van der Waals surface area contributed by atoms with Crippen molar-refractivity contribution in [1.82, 2.24) is 4.57 Å². The van der Waals surface area contributed by atoms with E-state index in [0.717, 1.165) is 11.3 Å². The van der Waals surface area contributed by atoms with Gasteiger partial charge in [-0.15, -0.1) is 0 Å². The van der Waals surface area contributed by atoms with Crippen LogP contribution >= 0.6 is 0 Å². The average Bonchev–Trinajstić information content (AvgIpc) is 3.21. The lowest BCUT2D eigenvalue weighted by Gasteiger charge is -2.20. The van der Waals surface area contributed by atoms with Gasteiger partial charge in [-0.2, -0.15) is 0 Å². The minimum absolute atomic E-state index is 0.0870. The van der Waals surface area contributed by atoms with Crippen LogP contribution in [0.2, 0.25) is 0 Å². The molecule has 1 heterocycles. The highest BCUT2D eigenvalue weighted by Gasteiger charge is 2.19. The van der Waals surface area contributed by atoms with Gasteiger partial charge in [0.1, 0.15) is 11.5 Å². The fourth-order valence-corrected chi connectivity index (χ4v) is 2.92. The Balaban J connectivity index is 1.83. The molecule has 3 rings (SSSR count). The Bertz CT molecular complexity index is 859. The SMILES string of the molecule is COc1cccc(C(CC(=O)Nc2ccccc2OC)n2cccc2)c1. The van der Waals surface area contributed by atoms with E-state index in [-0.39, 0.29) is 11.9 Å². The summed E-state index contributed by atoms with van der Waals surface area (Å²) >= 11 is 0. The van der Waals surface area contributed by atoms with Gasteiger partial charge in [0.15, 0.2) is 0 Å². The quantitative estimate of drug-likeness (QED) is 0.697. The highest BCUT2D eigenvalue weighted by atomic mass is 16.5. The van der Waals surface area contributed by atoms with Crippen LogP contribution < -0.4 is 14.8 Å². The Labute approximate surface area is 153 Å². The fourth-order valence-electron chi connectivity index (χ4n) is 2.92. The number of carbonyl (C=O) groups is 1. The molecule has 1 N–H and O–H groups in total. The molecule has 0 saturated carbocycles. The summed E-state index contributed by atoms with van der Waals surface area (Å²) in [6.07, 6.45) is 4.21. The first-order chi connectivity index (χ1) is 12.7. The van der Waals surface area contributed by atoms with Gasteiger partial charge in [-0.05, 0) is 42.0 Å². The summed E-state index contributed by atoms with van der Waals surface area (Å²) < 4.78 is 12.7. The van der Waals surface area contributed by atoms with Gasteiger partial charge in [0, 0.05) is 12.4 Å². The third-order valence-electron chi connectivity index (χ3n) is 4.23. The Morgan fingerprint density at radius 2 is 1.77 bits per heavy atom. The van der Waals surface area contributed by atoms with Crippen LogP contribution in [-0.4, -0.2) is 24.7 Å². The zero-order valence-corrected chi connectivity index (χ0v) is 14.9. The van der Waals surface area contributed by atoms with Crippen molar-refractivity contribution in [3.05, 3.63) is 78.6 Å². The number of hydrogen-bond acceptors (Lipinski definition) is 3. The van der Waals surface area contributed by atoms with Crippen molar-refractivity contribution in [3.63, 3.8) is 0 Å². The molecule has 0 aliphatic heterocycles. The number of anilines is 1. The van der Waals surface area contributed by atoms with E-state index < -0.39 is 0 Å². The Hall–Kier alpha value is -3.21. The molecule has 26 heavy (non-hydrogen) atoms. The summed E-state index contributed by atoms with van der Waals surface area (Å²) in [5.74, 6) is 1.32. The van der Waals surface area contributed by atoms with Crippen LogP contribution in [0, 0.1) is 0 Å². The second-order valence-corrected chi connectivity index (χ2v) is 5.88. The molecule has 0 spiro atoms. The number of ether oxygens (including phenoxy) is 2. The first kappa shape index (κ1) is 17.6. The number of methoxy groups -OCH3 is 2. The van der Waals surface area contributed by atoms with Gasteiger partial charge in [-0.1, -0.05) is 24.3 Å². The summed E-state index contributed by atoms with van der Waals surface area (Å²) in [7, 11) is 3.22. The van der Waals surface area contributed by atoms with Crippen LogP contribution in [0.4, 0.5) is 5.69 Å². The first-order valence-corrected chi connectivity index (χ1v) is 8.40. The maximum absolute atomic E-state index is 12.7. The van der Waals surface area contributed by atoms with Gasteiger partial charge in [0.2, 0.25) is 5.91 Å². The third-order valence-corrected chi connectivity index (χ3v) is 4.23. The predicted molar refractivity (Wildman–Crippen MR) is 102 cm³/mol. The van der Waals surface area contributed by atoms with Crippen molar-refractivity contribution in [3.8, 4) is 11.5 Å². The molecule has 0 aliphatic carbocycles. The molecule has 5 heteroatoms. The summed E-state index contributed by atoms with van der Waals surface area (Å²) in [4.78, 5) is 12.7. The first-order valence-electron chi connectivity index (χ1n) is 8.40. The molecule has 0 radical (unpaired) electrons. The maximum atomic E-state index is 12.7. The molecular formula is C21H22N2O3. The molecule has 3 aromatic rings. The minimum Gasteiger partial charge on any atom is -0.497 e. The third kappa shape index (κ3) is 4.06. The van der Waals surface area contributed by atoms with Crippen LogP contribution in [0.3, 0.4) is 0 Å². The maximum Gasteiger partial charge on any atom is 0.226 e. The molecule has 1 amide bonds. The lowest BCUT2D eigenvalue weighted by atomic mass is 10.0. The molecule has 0 saturated heterocycles. The standard InChI is InChI=1S/C21H22N2O3/c1-25-17-9-7-8-16(14-17)19(23-12-5-6-13-23)15-21(24)22-18-10-3-4-11-20(18)26-2/h3-14,19H,15H2,1-2H3,(H,22,24). The molecule has 0 fully saturated rings. The predicted octanol–water partition coefficient (Wildman–Crippen LogP) is 4.12. The zero-order valence-electron chi connectivity index (χ0n) is 14.9. The van der Waals surface area contributed by atoms with E-state index in [0.29, 0.717) is 17.9 Å². The van der Waals surface area contributed by atoms with Crippen molar-refractivity contribution in [2.45, 2.75) is 12.5 Å². The summed E-state index contributed by atoms with van der Waals surface area (Å²) in [6, 6.07) is 18.9. The van der Waals surface area contributed by atoms with Crippen LogP contribution in [-0.2, 0) is 4.79 Å². The van der Waals surface area contributed by atoms with Gasteiger partial charge < -0.3 is 19.4 Å². The molecule has 0 bridgehead atoms. The number of rotatable bonds is 7. The second kappa shape index (κ2) is 8.25. The van der Waals surface area contributed by atoms with Crippen molar-refractivity contribution in [2.75, 3.05) is 19.5 Å². The largest absolute Gasteiger partial charge is 0.497 e. The number of nitrogens with zero attached hydrogens (tertiary/aromatic N) is 1. The van der Waals surface area contributed by atoms with Crippen molar-refractivity contribution < 1.29 is 14.3 Å². The highest BCUT2D eigenvalue weighted by Crippen LogP contribution is 2.28. The van der Waals surface area contributed by atoms with Crippen LogP contribution in [0.1, 0.15) is 18.0 Å². The summed E-state index contributed by atoms with van der Waals surface area (Å²) in [6.45, 7) is 0. The normalized spacial score (nSPS) is 11.6. The van der Waals surface area contributed by atoms with Gasteiger partial charge in [-0.3, -0.25) is 4.79 Å². The smallest absolute Gasteiger partial charge is 0.226 e. The Morgan fingerprint density at radius 1 is 1.00 bits per heavy atom. The molecule has 1 unspecified atom stereocenters. The van der Waals surface area contributed by atoms with Gasteiger partial charge in [0.05, 0.1) is 32.4 Å². The number of hydrogen-bond donors (Lipinski definition) is 1. The van der Waals surface area contributed by atoms with Crippen LogP contribution in [0.15, 0.2) is 73.1 Å². The molecule has 2 aromatic carbocycles. The second-order valence-electron chi connectivity index (χ2n) is 5.88. The van der Waals surface area contributed by atoms with Crippen molar-refractivity contribution >= 4 is 11.6 Å². The van der Waals surface area contributed by atoms with E-state index in [1.165, 1.54) is 0 Å². The van der Waals surface area contributed by atoms with E-state index in [2.05, 4.69) is 5.32 Å². The van der Waals surface area contributed by atoms with E-state index in [1.807, 2.05) is 77.6 Å². The van der Waals surface area contributed by atoms with E-state index >= 15 is 0 Å². The van der Waals surface area contributed by atoms with Gasteiger partial charge >= 0.3 is 0 Å². The fraction of sp³-hybridized carbons (Fsp3) is 0.190. The highest BCUT2D eigenvalue weighted by molar-refractivity contribution is 5.92. The number of para-hydroxylation sites is 2. The minimum atomic E-state index is -0.130. The van der Waals surface area contributed by atoms with E-state index in [9.17, 15) is 4.79 Å². The molecule has 0 aliphatic rings. The van der Waals surface area contributed by atoms with Crippen molar-refractivity contribution in [2.24, 2.45) is 0 Å². The molecule has 5 nitrogen and oxygen atoms in total. The number of amides is 1. The number of nitrogens with one attached hydrogen (secondary N) is 1. The van der Waals surface area contributed by atoms with Crippen LogP contribution in [0.5, 0.6) is 11.5 Å². The van der Waals surface area contributed by atoms with E-state index in [1.54, 1.807) is 14.2 Å². The number of benzene rings is 2. The van der Waals surface area contributed by atoms with Crippen molar-refractivity contribution in [1.29, 1.82) is 0 Å². The van der Waals surface area contributed by atoms with E-state index in [4.69, 9.17) is 9.47 Å². The Kier molecular flexibility index (Phi) is 5.59. The summed E-state index contributed by atoms with van der Waals surface area (Å²) in [5.41, 5.74) is 1.67.